The first-order chi connectivity index (χ1) is 25.2. The average molecular weight is 771 g/mol. The van der Waals surface area contributed by atoms with Gasteiger partial charge in [-0.05, 0) is 85.3 Å². The Labute approximate surface area is 313 Å². The van der Waals surface area contributed by atoms with Crippen LogP contribution in [0.5, 0.6) is 6.01 Å². The summed E-state index contributed by atoms with van der Waals surface area (Å²) in [4.78, 5) is 61.6. The van der Waals surface area contributed by atoms with Crippen LogP contribution in [0.1, 0.15) is 55.1 Å². The lowest BCUT2D eigenvalue weighted by atomic mass is 10.1. The topological polar surface area (TPSA) is 197 Å². The predicted molar refractivity (Wildman–Crippen MR) is 195 cm³/mol. The molecule has 286 valence electrons. The number of rotatable bonds is 15. The monoisotopic (exact) mass is 770 g/mol. The van der Waals surface area contributed by atoms with Crippen LogP contribution in [0.15, 0.2) is 72.8 Å². The van der Waals surface area contributed by atoms with Gasteiger partial charge in [0.05, 0.1) is 5.54 Å². The van der Waals surface area contributed by atoms with E-state index in [-0.39, 0.29) is 37.9 Å². The predicted octanol–water partition coefficient (Wildman–Crippen LogP) is 5.84. The number of carbonyl (C=O) groups is 4. The van der Waals surface area contributed by atoms with E-state index in [0.717, 1.165) is 17.5 Å². The van der Waals surface area contributed by atoms with Gasteiger partial charge in [0.2, 0.25) is 11.9 Å². The molecule has 4 aromatic rings. The number of nitrogens with one attached hydrogen (secondary N) is 5. The van der Waals surface area contributed by atoms with E-state index in [1.54, 1.807) is 30.3 Å². The third-order valence-electron chi connectivity index (χ3n) is 8.00. The van der Waals surface area contributed by atoms with Crippen molar-refractivity contribution < 1.29 is 42.2 Å². The van der Waals surface area contributed by atoms with E-state index >= 15 is 0 Å². The maximum absolute atomic E-state index is 12.9. The van der Waals surface area contributed by atoms with Gasteiger partial charge in [0.25, 0.3) is 5.91 Å². The average Bonchev–Trinajstić information content (AvgIpc) is 3.90. The van der Waals surface area contributed by atoms with Gasteiger partial charge in [-0.2, -0.15) is 28.1 Å². The van der Waals surface area contributed by atoms with Crippen LogP contribution in [-0.2, 0) is 26.3 Å². The summed E-state index contributed by atoms with van der Waals surface area (Å²) in [6.07, 6.45) is -2.72. The number of carboxylic acids is 1. The Morgan fingerprint density at radius 2 is 1.61 bits per heavy atom. The van der Waals surface area contributed by atoms with Crippen LogP contribution < -0.4 is 31.3 Å². The van der Waals surface area contributed by atoms with Crippen LogP contribution in [0.2, 0.25) is 5.02 Å². The molecule has 1 atom stereocenters. The lowest BCUT2D eigenvalue weighted by molar-refractivity contribution is -0.154. The van der Waals surface area contributed by atoms with Crippen molar-refractivity contribution in [2.24, 2.45) is 0 Å². The number of halogens is 4. The van der Waals surface area contributed by atoms with Gasteiger partial charge in [-0.25, -0.2) is 4.79 Å². The van der Waals surface area contributed by atoms with Gasteiger partial charge >= 0.3 is 30.0 Å². The highest BCUT2D eigenvalue weighted by Crippen LogP contribution is 2.48. The zero-order valence-electron chi connectivity index (χ0n) is 28.1. The molecule has 1 fully saturated rings. The Kier molecular flexibility index (Phi) is 13.4. The number of aliphatic carboxylic acids is 1. The van der Waals surface area contributed by atoms with E-state index in [0.29, 0.717) is 29.2 Å². The first-order valence-corrected chi connectivity index (χ1v) is 16.7. The number of amides is 3. The number of ether oxygens (including phenoxy) is 1. The largest absolute Gasteiger partial charge is 0.480 e. The van der Waals surface area contributed by atoms with Gasteiger partial charge in [-0.3, -0.25) is 14.4 Å². The second-order valence-electron chi connectivity index (χ2n) is 12.0. The molecule has 0 spiro atoms. The summed E-state index contributed by atoms with van der Waals surface area (Å²) in [5.41, 5.74) is 2.13. The highest BCUT2D eigenvalue weighted by atomic mass is 35.5. The quantitative estimate of drug-likeness (QED) is 0.0795. The minimum Gasteiger partial charge on any atom is -0.480 e. The fraction of sp³-hybridized carbons (Fsp3) is 0.306. The number of hydrogen-bond donors (Lipinski definition) is 6. The number of carbonyl (C=O) groups excluding carboxylic acids is 3. The van der Waals surface area contributed by atoms with E-state index in [4.69, 9.17) is 16.3 Å². The van der Waals surface area contributed by atoms with Gasteiger partial charge in [0.1, 0.15) is 6.04 Å². The Morgan fingerprint density at radius 1 is 0.926 bits per heavy atom. The normalized spacial score (nSPS) is 13.4. The van der Waals surface area contributed by atoms with E-state index in [1.807, 2.05) is 25.1 Å². The first kappa shape index (κ1) is 40.8. The molecule has 3 amide bonds. The molecule has 18 heteroatoms. The summed E-state index contributed by atoms with van der Waals surface area (Å²) < 4.78 is 43.6. The van der Waals surface area contributed by atoms with Gasteiger partial charge in [0.15, 0.2) is 6.61 Å². The number of aromatic nitrogens is 3. The van der Waals surface area contributed by atoms with Crippen molar-refractivity contribution in [1.82, 2.24) is 25.6 Å². The molecule has 0 aliphatic heterocycles. The summed E-state index contributed by atoms with van der Waals surface area (Å²) in [6, 6.07) is 17.7. The summed E-state index contributed by atoms with van der Waals surface area (Å²) in [5.74, 6) is -4.20. The van der Waals surface area contributed by atoms with Crippen molar-refractivity contribution in [3.8, 4) is 6.01 Å². The Morgan fingerprint density at radius 3 is 2.24 bits per heavy atom. The van der Waals surface area contributed by atoms with Crippen LogP contribution >= 0.6 is 11.6 Å². The second kappa shape index (κ2) is 17.7. The smallest absolute Gasteiger partial charge is 0.422 e. The molecule has 1 saturated carbocycles. The molecular formula is C36H38ClF3N8O6. The molecule has 0 bridgehead atoms. The number of hydrogen-bond acceptors (Lipinski definition) is 10. The first-order valence-electron chi connectivity index (χ1n) is 16.3. The van der Waals surface area contributed by atoms with Crippen LogP contribution in [0, 0.1) is 0 Å². The standard InChI is InChI=1S/C35H34ClF3N8O6.CH4/c1-2-20-4-3-5-25(18-20)41-29(50)28(49)40-17-14-26(30(51)52)43-27(48)21-6-12-24(13-7-21)42-31-44-32(46-33(45-31)53-19-35(37,38)39)47-34(15-16-34)22-8-10-23(36)11-9-22;/h3-13,18,26H,2,14-17,19H2,1H3,(H,40,49)(H,41,50)(H,43,48)(H,51,52)(H2,42,44,45,46,47);1H4/t26-;/m0./s1. The number of carboxylic acid groups (broad SMARTS) is 1. The van der Waals surface area contributed by atoms with Gasteiger partial charge < -0.3 is 36.4 Å². The Hall–Kier alpha value is -5.97. The SMILES string of the molecule is C.CCc1cccc(NC(=O)C(=O)NCC[C@H](NC(=O)c2ccc(Nc3nc(NC4(c5ccc(Cl)cc5)CC4)nc(OCC(F)(F)F)n3)cc2)C(=O)O)c1. The molecule has 14 nitrogen and oxygen atoms in total. The molecule has 6 N–H and O–H groups in total. The zero-order chi connectivity index (χ0) is 38.2. The molecule has 1 aliphatic rings. The van der Waals surface area contributed by atoms with Gasteiger partial charge in [-0.1, -0.05) is 50.2 Å². The van der Waals surface area contributed by atoms with Gasteiger partial charge in [0, 0.05) is 28.5 Å². The van der Waals surface area contributed by atoms with E-state index in [2.05, 4.69) is 41.5 Å². The number of alkyl halides is 3. The summed E-state index contributed by atoms with van der Waals surface area (Å²) in [7, 11) is 0. The summed E-state index contributed by atoms with van der Waals surface area (Å²) >= 11 is 6.02. The van der Waals surface area contributed by atoms with E-state index in [1.165, 1.54) is 24.3 Å². The van der Waals surface area contributed by atoms with Crippen molar-refractivity contribution in [3.63, 3.8) is 0 Å². The van der Waals surface area contributed by atoms with Gasteiger partial charge in [-0.15, -0.1) is 0 Å². The molecular weight excluding hydrogens is 733 g/mol. The minimum absolute atomic E-state index is 0. The summed E-state index contributed by atoms with van der Waals surface area (Å²) in [5, 5.41) is 23.4. The number of aryl methyl sites for hydroxylation is 1. The lowest BCUT2D eigenvalue weighted by Crippen LogP contribution is -2.44. The van der Waals surface area contributed by atoms with Crippen molar-refractivity contribution in [2.45, 2.75) is 57.8 Å². The van der Waals surface area contributed by atoms with Crippen molar-refractivity contribution in [3.05, 3.63) is 94.5 Å². The Balaban J connectivity index is 0.00000650. The van der Waals surface area contributed by atoms with Crippen LogP contribution in [0.25, 0.3) is 0 Å². The molecule has 0 saturated heterocycles. The molecule has 0 unspecified atom stereocenters. The number of benzene rings is 3. The molecule has 1 heterocycles. The highest BCUT2D eigenvalue weighted by Gasteiger charge is 2.45. The zero-order valence-corrected chi connectivity index (χ0v) is 28.8. The third kappa shape index (κ3) is 11.5. The van der Waals surface area contributed by atoms with Crippen LogP contribution in [0.3, 0.4) is 0 Å². The van der Waals surface area contributed by atoms with Crippen LogP contribution in [-0.4, -0.2) is 69.1 Å². The van der Waals surface area contributed by atoms with E-state index < -0.39 is 54.1 Å². The molecule has 54 heavy (non-hydrogen) atoms. The van der Waals surface area contributed by atoms with Crippen molar-refractivity contribution in [2.75, 3.05) is 29.1 Å². The maximum atomic E-state index is 12.9. The highest BCUT2D eigenvalue weighted by molar-refractivity contribution is 6.39. The maximum Gasteiger partial charge on any atom is 0.422 e. The Bertz CT molecular complexity index is 1960. The fourth-order valence-corrected chi connectivity index (χ4v) is 5.20. The third-order valence-corrected chi connectivity index (χ3v) is 8.25. The van der Waals surface area contributed by atoms with Crippen molar-refractivity contribution >= 4 is 58.6 Å². The second-order valence-corrected chi connectivity index (χ2v) is 12.4. The van der Waals surface area contributed by atoms with Crippen LogP contribution in [0.4, 0.5) is 36.4 Å². The molecule has 0 radical (unpaired) electrons. The fourth-order valence-electron chi connectivity index (χ4n) is 5.07. The molecule has 1 aliphatic carbocycles. The number of anilines is 4. The minimum atomic E-state index is -4.64. The molecule has 3 aromatic carbocycles. The summed E-state index contributed by atoms with van der Waals surface area (Å²) in [6.45, 7) is 0.0913. The molecule has 5 rings (SSSR count). The van der Waals surface area contributed by atoms with Crippen molar-refractivity contribution in [1.29, 1.82) is 0 Å². The number of nitrogens with zero attached hydrogens (tertiary/aromatic N) is 3. The molecule has 1 aromatic heterocycles. The van der Waals surface area contributed by atoms with E-state index in [9.17, 15) is 37.5 Å². The lowest BCUT2D eigenvalue weighted by Gasteiger charge is -2.19.